The molecule has 0 saturated carbocycles. The second kappa shape index (κ2) is 6.58. The van der Waals surface area contributed by atoms with Gasteiger partial charge in [-0.3, -0.25) is 4.79 Å². The number of aliphatic hydroxyl groups is 1. The van der Waals surface area contributed by atoms with E-state index >= 15 is 0 Å². The zero-order chi connectivity index (χ0) is 14.7. The van der Waals surface area contributed by atoms with Gasteiger partial charge >= 0.3 is 0 Å². The van der Waals surface area contributed by atoms with Gasteiger partial charge in [-0.05, 0) is 55.7 Å². The maximum atomic E-state index is 11.5. The summed E-state index contributed by atoms with van der Waals surface area (Å²) in [5, 5.41) is 13.3. The molecule has 21 heavy (non-hydrogen) atoms. The molecule has 0 aromatic heterocycles. The number of anilines is 1. The Labute approximate surface area is 125 Å². The molecule has 3 rings (SSSR count). The molecule has 4 heteroatoms. The Hall–Kier alpha value is -1.39. The van der Waals surface area contributed by atoms with Crippen molar-refractivity contribution in [1.29, 1.82) is 0 Å². The van der Waals surface area contributed by atoms with Crippen molar-refractivity contribution in [2.75, 3.05) is 11.9 Å². The van der Waals surface area contributed by atoms with Crippen molar-refractivity contribution >= 4 is 11.6 Å². The van der Waals surface area contributed by atoms with Crippen LogP contribution in [0.3, 0.4) is 0 Å². The summed E-state index contributed by atoms with van der Waals surface area (Å²) in [7, 11) is 0. The summed E-state index contributed by atoms with van der Waals surface area (Å²) >= 11 is 0. The lowest BCUT2D eigenvalue weighted by molar-refractivity contribution is -0.116. The molecule has 1 aromatic carbocycles. The third kappa shape index (κ3) is 3.63. The fourth-order valence-electron chi connectivity index (χ4n) is 3.18. The van der Waals surface area contributed by atoms with E-state index in [0.717, 1.165) is 61.9 Å². The van der Waals surface area contributed by atoms with Crippen molar-refractivity contribution in [2.24, 2.45) is 0 Å². The first-order valence-electron chi connectivity index (χ1n) is 7.95. The monoisotopic (exact) mass is 289 g/mol. The number of aliphatic hydroxyl groups excluding tert-OH is 1. The topological polar surface area (TPSA) is 58.6 Å². The summed E-state index contributed by atoms with van der Waals surface area (Å²) in [6.07, 6.45) is 6.10. The third-order valence-electron chi connectivity index (χ3n) is 4.42. The number of hydrogen-bond acceptors (Lipinski definition) is 3. The molecule has 0 spiro atoms. The van der Waals surface area contributed by atoms with Gasteiger partial charge in [0.05, 0.1) is 12.2 Å². The van der Waals surface area contributed by atoms with Gasteiger partial charge < -0.3 is 15.2 Å². The summed E-state index contributed by atoms with van der Waals surface area (Å²) in [5.41, 5.74) is 2.98. The molecule has 1 saturated heterocycles. The van der Waals surface area contributed by atoms with Gasteiger partial charge in [0.1, 0.15) is 0 Å². The lowest BCUT2D eigenvalue weighted by Gasteiger charge is -2.16. The molecule has 2 aliphatic rings. The molecule has 2 unspecified atom stereocenters. The van der Waals surface area contributed by atoms with E-state index in [2.05, 4.69) is 5.32 Å². The number of hydrogen-bond donors (Lipinski definition) is 2. The van der Waals surface area contributed by atoms with Gasteiger partial charge in [0, 0.05) is 18.7 Å². The van der Waals surface area contributed by atoms with Crippen LogP contribution in [0, 0.1) is 0 Å². The fraction of sp³-hybridized carbons (Fsp3) is 0.588. The maximum Gasteiger partial charge on any atom is 0.224 e. The van der Waals surface area contributed by atoms with Crippen molar-refractivity contribution in [2.45, 2.75) is 57.2 Å². The van der Waals surface area contributed by atoms with Crippen LogP contribution in [0.2, 0.25) is 0 Å². The van der Waals surface area contributed by atoms with Gasteiger partial charge in [-0.2, -0.15) is 0 Å². The number of amides is 1. The van der Waals surface area contributed by atoms with Gasteiger partial charge in [0.25, 0.3) is 0 Å². The van der Waals surface area contributed by atoms with Crippen molar-refractivity contribution in [3.8, 4) is 0 Å². The van der Waals surface area contributed by atoms with Crippen LogP contribution in [0.1, 0.15) is 55.8 Å². The van der Waals surface area contributed by atoms with Gasteiger partial charge in [-0.15, -0.1) is 0 Å². The van der Waals surface area contributed by atoms with Crippen LogP contribution in [-0.2, 0) is 16.0 Å². The first kappa shape index (κ1) is 14.5. The van der Waals surface area contributed by atoms with E-state index in [4.69, 9.17) is 4.74 Å². The Balaban J connectivity index is 1.64. The summed E-state index contributed by atoms with van der Waals surface area (Å²) < 4.78 is 5.60. The second-order valence-corrected chi connectivity index (χ2v) is 6.05. The number of fused-ring (bicyclic) bond motifs is 1. The number of rotatable bonds is 4. The van der Waals surface area contributed by atoms with E-state index < -0.39 is 6.10 Å². The van der Waals surface area contributed by atoms with E-state index in [-0.39, 0.29) is 5.91 Å². The molecule has 0 bridgehead atoms. The molecule has 2 N–H and O–H groups in total. The van der Waals surface area contributed by atoms with Crippen LogP contribution < -0.4 is 5.32 Å². The normalized spacial score (nSPS) is 23.3. The number of ether oxygens (including phenoxy) is 1. The maximum absolute atomic E-state index is 11.5. The van der Waals surface area contributed by atoms with Crippen molar-refractivity contribution in [3.63, 3.8) is 0 Å². The smallest absolute Gasteiger partial charge is 0.224 e. The summed E-state index contributed by atoms with van der Waals surface area (Å²) in [6.45, 7) is 0.860. The van der Waals surface area contributed by atoms with Crippen molar-refractivity contribution in [1.82, 2.24) is 0 Å². The summed E-state index contributed by atoms with van der Waals surface area (Å²) in [4.78, 5) is 11.5. The first-order chi connectivity index (χ1) is 10.2. The van der Waals surface area contributed by atoms with Gasteiger partial charge in [-0.25, -0.2) is 0 Å². The van der Waals surface area contributed by atoms with E-state index in [1.165, 1.54) is 0 Å². The Bertz CT molecular complexity index is 509. The van der Waals surface area contributed by atoms with Crippen LogP contribution in [-0.4, -0.2) is 23.7 Å². The molecule has 2 heterocycles. The molecule has 114 valence electrons. The van der Waals surface area contributed by atoms with Gasteiger partial charge in [0.15, 0.2) is 0 Å². The van der Waals surface area contributed by atoms with E-state index in [0.29, 0.717) is 12.5 Å². The minimum Gasteiger partial charge on any atom is -0.388 e. The van der Waals surface area contributed by atoms with Gasteiger partial charge in [0.2, 0.25) is 5.91 Å². The number of benzene rings is 1. The quantitative estimate of drug-likeness (QED) is 0.896. The summed E-state index contributed by atoms with van der Waals surface area (Å²) in [6, 6.07) is 5.88. The van der Waals surface area contributed by atoms with Crippen LogP contribution in [0.15, 0.2) is 18.2 Å². The van der Waals surface area contributed by atoms with E-state index in [1.807, 2.05) is 18.2 Å². The molecule has 1 amide bonds. The highest BCUT2D eigenvalue weighted by molar-refractivity contribution is 5.92. The largest absolute Gasteiger partial charge is 0.388 e. The lowest BCUT2D eigenvalue weighted by atomic mass is 9.98. The molecule has 1 fully saturated rings. The number of nitrogens with one attached hydrogen (secondary N) is 1. The van der Waals surface area contributed by atoms with Gasteiger partial charge in [-0.1, -0.05) is 12.1 Å². The summed E-state index contributed by atoms with van der Waals surface area (Å²) in [5.74, 6) is 0.0837. The van der Waals surface area contributed by atoms with E-state index in [1.54, 1.807) is 0 Å². The molecule has 1 aromatic rings. The number of carbonyl (C=O) groups excluding carboxylic acids is 1. The highest BCUT2D eigenvalue weighted by Crippen LogP contribution is 2.29. The van der Waals surface area contributed by atoms with Crippen molar-refractivity contribution in [3.05, 3.63) is 29.3 Å². The third-order valence-corrected chi connectivity index (χ3v) is 4.42. The molecule has 2 aliphatic heterocycles. The molecule has 2 atom stereocenters. The Morgan fingerprint density at radius 1 is 1.33 bits per heavy atom. The standard InChI is InChI=1S/C17H23NO3/c19-16(9-7-14-4-2-10-21-14)13-6-8-15-12(11-13)3-1-5-17(20)18-15/h6,8,11,14,16,19H,1-5,7,9-10H2,(H,18,20). The lowest BCUT2D eigenvalue weighted by Crippen LogP contribution is -2.10. The molecule has 0 aliphatic carbocycles. The molecule has 0 radical (unpaired) electrons. The minimum atomic E-state index is -0.446. The first-order valence-corrected chi connectivity index (χ1v) is 7.95. The van der Waals surface area contributed by atoms with Crippen LogP contribution >= 0.6 is 0 Å². The fourth-order valence-corrected chi connectivity index (χ4v) is 3.18. The Morgan fingerprint density at radius 2 is 2.24 bits per heavy atom. The van der Waals surface area contributed by atoms with Crippen LogP contribution in [0.4, 0.5) is 5.69 Å². The highest BCUT2D eigenvalue weighted by Gasteiger charge is 2.19. The Morgan fingerprint density at radius 3 is 3.05 bits per heavy atom. The van der Waals surface area contributed by atoms with Crippen LogP contribution in [0.5, 0.6) is 0 Å². The SMILES string of the molecule is O=C1CCCc2cc(C(O)CCC3CCCO3)ccc2N1. The molecular weight excluding hydrogens is 266 g/mol. The average molecular weight is 289 g/mol. The predicted molar refractivity (Wildman–Crippen MR) is 81.2 cm³/mol. The minimum absolute atomic E-state index is 0.0837. The highest BCUT2D eigenvalue weighted by atomic mass is 16.5. The Kier molecular flexibility index (Phi) is 4.56. The predicted octanol–water partition coefficient (Wildman–Crippen LogP) is 2.95. The second-order valence-electron chi connectivity index (χ2n) is 6.05. The molecular formula is C17H23NO3. The van der Waals surface area contributed by atoms with Crippen LogP contribution in [0.25, 0.3) is 0 Å². The average Bonchev–Trinajstić information content (AvgIpc) is 2.92. The number of aryl methyl sites for hydroxylation is 1. The van der Waals surface area contributed by atoms with E-state index in [9.17, 15) is 9.90 Å². The van der Waals surface area contributed by atoms with Crippen molar-refractivity contribution < 1.29 is 14.6 Å². The zero-order valence-corrected chi connectivity index (χ0v) is 12.3. The number of carbonyl (C=O) groups is 1. The molecule has 4 nitrogen and oxygen atoms in total. The zero-order valence-electron chi connectivity index (χ0n) is 12.3.